The van der Waals surface area contributed by atoms with Gasteiger partial charge in [-0.1, -0.05) is 66.2 Å². The molecule has 2 atom stereocenters. The van der Waals surface area contributed by atoms with Crippen LogP contribution in [0.4, 0.5) is 0 Å². The average molecular weight is 373 g/mol. The fourth-order valence-electron chi connectivity index (χ4n) is 3.39. The van der Waals surface area contributed by atoms with Crippen LogP contribution < -0.4 is 24.8 Å². The maximum atomic E-state index is 3.59. The second kappa shape index (κ2) is 9.53. The van der Waals surface area contributed by atoms with Gasteiger partial charge in [-0.05, 0) is 0 Å². The maximum absolute atomic E-state index is 3.59. The van der Waals surface area contributed by atoms with Crippen molar-refractivity contribution in [1.29, 1.82) is 0 Å². The second-order valence-electron chi connectivity index (χ2n) is 6.35. The Hall–Kier alpha value is 0.254. The first-order valence-corrected chi connectivity index (χ1v) is 7.55. The molecule has 0 amide bonds. The summed E-state index contributed by atoms with van der Waals surface area (Å²) in [7, 11) is 0. The van der Waals surface area contributed by atoms with Gasteiger partial charge in [0.1, 0.15) is 0 Å². The molecule has 0 N–H and O–H groups in total. The molecule has 0 saturated carbocycles. The molecule has 3 heteroatoms. The Bertz CT molecular complexity index is 452. The minimum Gasteiger partial charge on any atom is -1.00 e. The molecule has 22 heavy (non-hydrogen) atoms. The summed E-state index contributed by atoms with van der Waals surface area (Å²) in [5.74, 6) is 1.01. The Labute approximate surface area is 164 Å². The zero-order valence-electron chi connectivity index (χ0n) is 14.5. The molecule has 2 aliphatic rings. The first-order valence-electron chi connectivity index (χ1n) is 7.55. The summed E-state index contributed by atoms with van der Waals surface area (Å²) in [5.41, 5.74) is 5.69. The molecule has 0 nitrogen and oxygen atoms in total. The van der Waals surface area contributed by atoms with E-state index in [2.05, 4.69) is 65.8 Å². The third-order valence-electron chi connectivity index (χ3n) is 4.57. The van der Waals surface area contributed by atoms with Crippen molar-refractivity contribution in [2.45, 2.75) is 54.4 Å². The van der Waals surface area contributed by atoms with Crippen LogP contribution >= 0.6 is 0 Å². The normalized spacial score (nSPS) is 23.4. The first kappa shape index (κ1) is 24.5. The van der Waals surface area contributed by atoms with Crippen molar-refractivity contribution in [2.24, 2.45) is 17.3 Å². The zero-order chi connectivity index (χ0) is 14.2. The summed E-state index contributed by atoms with van der Waals surface area (Å²) in [4.78, 5) is 0. The summed E-state index contributed by atoms with van der Waals surface area (Å²) in [6, 6.07) is 0. The molecular formula is C19H26Cl2Ti. The van der Waals surface area contributed by atoms with Crippen molar-refractivity contribution in [3.8, 4) is 0 Å². The number of hydrogen-bond acceptors (Lipinski definition) is 0. The van der Waals surface area contributed by atoms with Gasteiger partial charge in [-0.3, -0.25) is 12.2 Å². The Morgan fingerprint density at radius 1 is 0.864 bits per heavy atom. The molecule has 0 spiro atoms. The predicted molar refractivity (Wildman–Crippen MR) is 82.4 cm³/mol. The first-order chi connectivity index (χ1) is 8.90. The van der Waals surface area contributed by atoms with Gasteiger partial charge in [0.15, 0.2) is 0 Å². The number of halogens is 2. The van der Waals surface area contributed by atoms with Crippen LogP contribution in [0, 0.1) is 29.4 Å². The van der Waals surface area contributed by atoms with E-state index in [4.69, 9.17) is 0 Å². The maximum Gasteiger partial charge on any atom is 4.00 e. The van der Waals surface area contributed by atoms with Crippen LogP contribution in [0.15, 0.2) is 34.4 Å². The standard InChI is InChI=1S/C19H26.2ClH.Ti/c1-7-15-9-13(3)17(11-15)19(5,6)18-12-16(8-2)10-14(18)4;;;/h11-12,15-16H,7-8H2,1-6H3;2*1H;/q-2;;;+4/p-2. The van der Waals surface area contributed by atoms with Gasteiger partial charge in [-0.15, -0.1) is 5.41 Å². The van der Waals surface area contributed by atoms with Crippen molar-refractivity contribution >= 4 is 0 Å². The quantitative estimate of drug-likeness (QED) is 0.459. The van der Waals surface area contributed by atoms with Gasteiger partial charge in [-0.25, -0.2) is 22.3 Å². The molecular weight excluding hydrogens is 347 g/mol. The van der Waals surface area contributed by atoms with E-state index in [0.717, 1.165) is 12.8 Å². The monoisotopic (exact) mass is 372 g/mol. The van der Waals surface area contributed by atoms with E-state index >= 15 is 0 Å². The van der Waals surface area contributed by atoms with Gasteiger partial charge in [0.05, 0.1) is 0 Å². The fourth-order valence-corrected chi connectivity index (χ4v) is 3.39. The predicted octanol–water partition coefficient (Wildman–Crippen LogP) is -0.551. The molecule has 2 aliphatic carbocycles. The van der Waals surface area contributed by atoms with Gasteiger partial charge in [0, 0.05) is 0 Å². The van der Waals surface area contributed by atoms with Crippen LogP contribution in [0.1, 0.15) is 54.4 Å². The molecule has 0 aromatic heterocycles. The summed E-state index contributed by atoms with van der Waals surface area (Å²) < 4.78 is 0. The van der Waals surface area contributed by atoms with Crippen LogP contribution in [0.2, 0.25) is 0 Å². The molecule has 0 aromatic rings. The molecule has 0 fully saturated rings. The van der Waals surface area contributed by atoms with E-state index in [9.17, 15) is 0 Å². The van der Waals surface area contributed by atoms with E-state index in [1.165, 1.54) is 22.3 Å². The zero-order valence-corrected chi connectivity index (χ0v) is 17.6. The summed E-state index contributed by atoms with van der Waals surface area (Å²) in [5, 5.41) is 0. The van der Waals surface area contributed by atoms with Crippen molar-refractivity contribution in [3.63, 3.8) is 0 Å². The van der Waals surface area contributed by atoms with Crippen molar-refractivity contribution in [2.75, 3.05) is 0 Å². The molecule has 0 aromatic carbocycles. The van der Waals surface area contributed by atoms with E-state index in [1.807, 2.05) is 0 Å². The number of rotatable bonds is 4. The van der Waals surface area contributed by atoms with Crippen molar-refractivity contribution < 1.29 is 46.5 Å². The minimum absolute atomic E-state index is 0. The van der Waals surface area contributed by atoms with Crippen LogP contribution in [0.25, 0.3) is 0 Å². The van der Waals surface area contributed by atoms with E-state index in [-0.39, 0.29) is 51.9 Å². The van der Waals surface area contributed by atoms with E-state index < -0.39 is 0 Å². The average Bonchev–Trinajstić information content (AvgIpc) is 2.92. The molecule has 0 heterocycles. The van der Waals surface area contributed by atoms with Gasteiger partial charge >= 0.3 is 21.7 Å². The molecule has 0 bridgehead atoms. The second-order valence-corrected chi connectivity index (χ2v) is 6.35. The summed E-state index contributed by atoms with van der Waals surface area (Å²) >= 11 is 0. The van der Waals surface area contributed by atoms with E-state index in [0.29, 0.717) is 11.8 Å². The number of allylic oxidation sites excluding steroid dienone is 8. The Morgan fingerprint density at radius 3 is 1.41 bits per heavy atom. The minimum atomic E-state index is 0. The van der Waals surface area contributed by atoms with E-state index in [1.54, 1.807) is 0 Å². The van der Waals surface area contributed by atoms with Crippen LogP contribution in [0.5, 0.6) is 0 Å². The molecule has 120 valence electrons. The van der Waals surface area contributed by atoms with Crippen molar-refractivity contribution in [1.82, 2.24) is 0 Å². The topological polar surface area (TPSA) is 0 Å². The third kappa shape index (κ3) is 4.63. The van der Waals surface area contributed by atoms with Gasteiger partial charge in [-0.2, -0.15) is 12.2 Å². The van der Waals surface area contributed by atoms with Crippen LogP contribution in [-0.2, 0) is 21.7 Å². The van der Waals surface area contributed by atoms with Gasteiger partial charge < -0.3 is 24.8 Å². The SMILES string of the molecule is CCC1[C-]=C(C)C(C(C)(C)C2=CC(CC)[C-]=C2C)=C1.[Cl-].[Cl-].[Ti+4]. The molecule has 2 unspecified atom stereocenters. The Kier molecular flexibility index (Phi) is 10.6. The smallest absolute Gasteiger partial charge is 1.00 e. The van der Waals surface area contributed by atoms with Crippen LogP contribution in [0.3, 0.4) is 0 Å². The van der Waals surface area contributed by atoms with Crippen LogP contribution in [-0.4, -0.2) is 0 Å². The van der Waals surface area contributed by atoms with Gasteiger partial charge in [0.2, 0.25) is 0 Å². The largest absolute Gasteiger partial charge is 4.00 e. The van der Waals surface area contributed by atoms with Gasteiger partial charge in [0.25, 0.3) is 0 Å². The fraction of sp³-hybridized carbons (Fsp3) is 0.579. The summed E-state index contributed by atoms with van der Waals surface area (Å²) in [6.07, 6.45) is 14.3. The van der Waals surface area contributed by atoms with Crippen molar-refractivity contribution in [3.05, 3.63) is 46.6 Å². The number of hydrogen-bond donors (Lipinski definition) is 0. The Balaban J connectivity index is 0. The summed E-state index contributed by atoms with van der Waals surface area (Å²) in [6.45, 7) is 13.6. The molecule has 2 rings (SSSR count). The molecule has 0 saturated heterocycles. The molecule has 0 aliphatic heterocycles. The third-order valence-corrected chi connectivity index (χ3v) is 4.57. The Morgan fingerprint density at radius 2 is 1.18 bits per heavy atom. The molecule has 0 radical (unpaired) electrons.